The minimum atomic E-state index is -1.54. The largest absolute Gasteiger partial charge is 0.325 e. The number of carbonyl (C=O) groups excluding carboxylic acids is 3. The van der Waals surface area contributed by atoms with E-state index in [0.29, 0.717) is 0 Å². The Labute approximate surface area is 174 Å². The molecule has 0 bridgehead atoms. The summed E-state index contributed by atoms with van der Waals surface area (Å²) < 4.78 is 0. The summed E-state index contributed by atoms with van der Waals surface area (Å²) >= 11 is 11.9. The molecule has 0 aromatic heterocycles. The van der Waals surface area contributed by atoms with Crippen molar-refractivity contribution in [3.05, 3.63) is 68.2 Å². The Morgan fingerprint density at radius 2 is 1.93 bits per heavy atom. The van der Waals surface area contributed by atoms with E-state index >= 15 is 0 Å². The molecule has 1 atom stereocenters. The Balaban J connectivity index is 1.80. The third kappa shape index (κ3) is 3.87. The first kappa shape index (κ1) is 20.6. The van der Waals surface area contributed by atoms with E-state index in [1.54, 1.807) is 12.1 Å². The van der Waals surface area contributed by atoms with Gasteiger partial charge in [-0.25, -0.2) is 4.79 Å². The lowest BCUT2D eigenvalue weighted by molar-refractivity contribution is -0.385. The van der Waals surface area contributed by atoms with E-state index in [-0.39, 0.29) is 27.0 Å². The molecular weight excluding hydrogens is 423 g/mol. The number of carbonyl (C=O) groups is 3. The standard InChI is InChI=1S/C18H14Cl2N4O5/c1-18(10-4-2-5-11(8-10)24(28)29)16(26)23(17(27)22-18)9-14(25)21-13-7-3-6-12(19)15(13)20/h2-8H,9H2,1H3,(H,21,25)(H,22,27). The van der Waals surface area contributed by atoms with Crippen molar-refractivity contribution in [1.29, 1.82) is 0 Å². The average Bonchev–Trinajstić information content (AvgIpc) is 2.89. The van der Waals surface area contributed by atoms with Gasteiger partial charge in [-0.3, -0.25) is 24.6 Å². The second kappa shape index (κ2) is 7.69. The first-order chi connectivity index (χ1) is 13.6. The molecule has 4 amide bonds. The van der Waals surface area contributed by atoms with Gasteiger partial charge >= 0.3 is 6.03 Å². The quantitative estimate of drug-likeness (QED) is 0.422. The summed E-state index contributed by atoms with van der Waals surface area (Å²) in [5.74, 6) is -1.38. The van der Waals surface area contributed by atoms with E-state index in [9.17, 15) is 24.5 Å². The van der Waals surface area contributed by atoms with Crippen LogP contribution in [-0.4, -0.2) is 34.2 Å². The number of nitrogens with zero attached hydrogens (tertiary/aromatic N) is 2. The molecule has 2 aromatic carbocycles. The first-order valence-electron chi connectivity index (χ1n) is 8.26. The Hall–Kier alpha value is -3.17. The van der Waals surface area contributed by atoms with E-state index in [1.165, 1.54) is 37.3 Å². The Morgan fingerprint density at radius 1 is 1.24 bits per heavy atom. The molecule has 29 heavy (non-hydrogen) atoms. The van der Waals surface area contributed by atoms with Crippen molar-refractivity contribution < 1.29 is 19.3 Å². The fourth-order valence-corrected chi connectivity index (χ4v) is 3.25. The van der Waals surface area contributed by atoms with Gasteiger partial charge in [-0.05, 0) is 24.6 Å². The predicted octanol–water partition coefficient (Wildman–Crippen LogP) is 3.31. The smallest absolute Gasteiger partial charge is 0.323 e. The lowest BCUT2D eigenvalue weighted by Gasteiger charge is -2.22. The summed E-state index contributed by atoms with van der Waals surface area (Å²) in [6.45, 7) is 0.843. The molecule has 150 valence electrons. The zero-order valence-electron chi connectivity index (χ0n) is 14.9. The highest BCUT2D eigenvalue weighted by Crippen LogP contribution is 2.32. The zero-order chi connectivity index (χ0) is 21.3. The van der Waals surface area contributed by atoms with Crippen LogP contribution in [0.2, 0.25) is 10.0 Å². The number of nitro groups is 1. The summed E-state index contributed by atoms with van der Waals surface area (Å²) in [5.41, 5.74) is -1.31. The van der Waals surface area contributed by atoms with Crippen LogP contribution in [0.25, 0.3) is 0 Å². The first-order valence-corrected chi connectivity index (χ1v) is 9.02. The number of imide groups is 1. The van der Waals surface area contributed by atoms with Gasteiger partial charge in [0.15, 0.2) is 0 Å². The molecule has 0 aliphatic carbocycles. The van der Waals surface area contributed by atoms with Crippen LogP contribution in [0.5, 0.6) is 0 Å². The lowest BCUT2D eigenvalue weighted by Crippen LogP contribution is -2.42. The van der Waals surface area contributed by atoms with Crippen LogP contribution < -0.4 is 10.6 Å². The fourth-order valence-electron chi connectivity index (χ4n) is 2.90. The molecule has 9 nitrogen and oxygen atoms in total. The number of rotatable bonds is 5. The SMILES string of the molecule is CC1(c2cccc([N+](=O)[O-])c2)NC(=O)N(CC(=O)Nc2cccc(Cl)c2Cl)C1=O. The molecular formula is C18H14Cl2N4O5. The Kier molecular flexibility index (Phi) is 5.45. The van der Waals surface area contributed by atoms with Crippen LogP contribution in [0.1, 0.15) is 12.5 Å². The van der Waals surface area contributed by atoms with Gasteiger partial charge in [0.25, 0.3) is 11.6 Å². The van der Waals surface area contributed by atoms with Crippen molar-refractivity contribution >= 4 is 52.4 Å². The maximum Gasteiger partial charge on any atom is 0.325 e. The number of benzene rings is 2. The molecule has 1 aliphatic heterocycles. The number of halogens is 2. The summed E-state index contributed by atoms with van der Waals surface area (Å²) in [4.78, 5) is 48.7. The van der Waals surface area contributed by atoms with Gasteiger partial charge in [-0.1, -0.05) is 41.4 Å². The highest BCUT2D eigenvalue weighted by atomic mass is 35.5. The summed E-state index contributed by atoms with van der Waals surface area (Å²) in [6.07, 6.45) is 0. The second-order valence-electron chi connectivity index (χ2n) is 6.40. The number of amides is 4. The molecule has 0 radical (unpaired) electrons. The van der Waals surface area contributed by atoms with Gasteiger partial charge in [0.1, 0.15) is 12.1 Å². The van der Waals surface area contributed by atoms with Crippen molar-refractivity contribution in [3.8, 4) is 0 Å². The number of hydrogen-bond acceptors (Lipinski definition) is 5. The predicted molar refractivity (Wildman–Crippen MR) is 106 cm³/mol. The van der Waals surface area contributed by atoms with Crippen molar-refractivity contribution in [3.63, 3.8) is 0 Å². The molecule has 2 aromatic rings. The minimum absolute atomic E-state index is 0.126. The van der Waals surface area contributed by atoms with Crippen LogP contribution in [0, 0.1) is 10.1 Å². The monoisotopic (exact) mass is 436 g/mol. The van der Waals surface area contributed by atoms with Gasteiger partial charge in [0.05, 0.1) is 20.7 Å². The van der Waals surface area contributed by atoms with Crippen molar-refractivity contribution in [2.24, 2.45) is 0 Å². The molecule has 0 spiro atoms. The third-order valence-corrected chi connectivity index (χ3v) is 5.26. The molecule has 1 heterocycles. The number of urea groups is 1. The topological polar surface area (TPSA) is 122 Å². The summed E-state index contributed by atoms with van der Waals surface area (Å²) in [7, 11) is 0. The Bertz CT molecular complexity index is 1040. The van der Waals surface area contributed by atoms with Gasteiger partial charge in [0.2, 0.25) is 5.91 Å². The molecule has 2 N–H and O–H groups in total. The molecule has 0 saturated carbocycles. The number of nitrogens with one attached hydrogen (secondary N) is 2. The summed E-state index contributed by atoms with van der Waals surface area (Å²) in [5, 5.41) is 16.3. The lowest BCUT2D eigenvalue weighted by atomic mass is 9.91. The average molecular weight is 437 g/mol. The molecule has 3 rings (SSSR count). The number of nitro benzene ring substituents is 1. The Morgan fingerprint density at radius 3 is 2.62 bits per heavy atom. The van der Waals surface area contributed by atoms with Crippen LogP contribution in [0.15, 0.2) is 42.5 Å². The van der Waals surface area contributed by atoms with Crippen molar-refractivity contribution in [2.75, 3.05) is 11.9 Å². The molecule has 11 heteroatoms. The van der Waals surface area contributed by atoms with E-state index < -0.39 is 34.9 Å². The van der Waals surface area contributed by atoms with E-state index in [1.807, 2.05) is 0 Å². The van der Waals surface area contributed by atoms with Crippen molar-refractivity contribution in [2.45, 2.75) is 12.5 Å². The van der Waals surface area contributed by atoms with Crippen LogP contribution in [0.3, 0.4) is 0 Å². The molecule has 1 saturated heterocycles. The molecule has 1 unspecified atom stereocenters. The van der Waals surface area contributed by atoms with E-state index in [2.05, 4.69) is 10.6 Å². The number of non-ortho nitro benzene ring substituents is 1. The highest BCUT2D eigenvalue weighted by molar-refractivity contribution is 6.44. The molecule has 1 fully saturated rings. The third-order valence-electron chi connectivity index (χ3n) is 4.44. The van der Waals surface area contributed by atoms with Crippen LogP contribution >= 0.6 is 23.2 Å². The maximum absolute atomic E-state index is 12.9. The van der Waals surface area contributed by atoms with Gasteiger partial charge < -0.3 is 10.6 Å². The maximum atomic E-state index is 12.9. The fraction of sp³-hybridized carbons (Fsp3) is 0.167. The minimum Gasteiger partial charge on any atom is -0.323 e. The van der Waals surface area contributed by atoms with Crippen LogP contribution in [-0.2, 0) is 15.1 Å². The second-order valence-corrected chi connectivity index (χ2v) is 7.19. The van der Waals surface area contributed by atoms with E-state index in [0.717, 1.165) is 4.90 Å². The number of hydrogen-bond donors (Lipinski definition) is 2. The zero-order valence-corrected chi connectivity index (χ0v) is 16.5. The number of anilines is 1. The van der Waals surface area contributed by atoms with Crippen molar-refractivity contribution in [1.82, 2.24) is 10.2 Å². The van der Waals surface area contributed by atoms with Crippen LogP contribution in [0.4, 0.5) is 16.2 Å². The molecule has 1 aliphatic rings. The normalized spacial score (nSPS) is 18.5. The van der Waals surface area contributed by atoms with Gasteiger partial charge in [0, 0.05) is 12.1 Å². The highest BCUT2D eigenvalue weighted by Gasteiger charge is 2.49. The van der Waals surface area contributed by atoms with E-state index in [4.69, 9.17) is 23.2 Å². The summed E-state index contributed by atoms with van der Waals surface area (Å²) in [6, 6.07) is 9.22. The van der Waals surface area contributed by atoms with Gasteiger partial charge in [-0.2, -0.15) is 0 Å². The van der Waals surface area contributed by atoms with Gasteiger partial charge in [-0.15, -0.1) is 0 Å².